The highest BCUT2D eigenvalue weighted by atomic mass is 16.5. The van der Waals surface area contributed by atoms with Crippen LogP contribution in [0.4, 0.5) is 0 Å². The van der Waals surface area contributed by atoms with Gasteiger partial charge in [-0.3, -0.25) is 4.79 Å². The molecule has 0 fully saturated rings. The van der Waals surface area contributed by atoms with Gasteiger partial charge in [0.15, 0.2) is 0 Å². The van der Waals surface area contributed by atoms with Crippen LogP contribution in [0, 0.1) is 6.92 Å². The lowest BCUT2D eigenvalue weighted by Crippen LogP contribution is -2.30. The maximum atomic E-state index is 12.2. The first kappa shape index (κ1) is 20.6. The molecule has 2 rings (SSSR count). The molecule has 2 aromatic carbocycles. The number of likely N-dealkylation sites (N-methyl/N-ethyl adjacent to an activating group) is 1. The second-order valence-electron chi connectivity index (χ2n) is 6.46. The van der Waals surface area contributed by atoms with Gasteiger partial charge < -0.3 is 19.1 Å². The Labute approximate surface area is 161 Å². The first-order valence-electron chi connectivity index (χ1n) is 9.29. The van der Waals surface area contributed by atoms with Gasteiger partial charge in [-0.15, -0.1) is 0 Å². The topological polar surface area (TPSA) is 48.0 Å². The van der Waals surface area contributed by atoms with Crippen molar-refractivity contribution in [2.75, 3.05) is 33.9 Å². The summed E-state index contributed by atoms with van der Waals surface area (Å²) in [5.74, 6) is 2.57. The Morgan fingerprint density at radius 2 is 1.63 bits per heavy atom. The molecule has 0 N–H and O–H groups in total. The molecule has 2 aromatic rings. The normalized spacial score (nSPS) is 10.3. The highest BCUT2D eigenvalue weighted by molar-refractivity contribution is 5.75. The van der Waals surface area contributed by atoms with Crippen LogP contribution in [-0.2, 0) is 4.79 Å². The van der Waals surface area contributed by atoms with Crippen molar-refractivity contribution in [3.8, 4) is 17.2 Å². The molecular formula is C22H29NO4. The summed E-state index contributed by atoms with van der Waals surface area (Å²) in [6.45, 7) is 3.69. The number of aryl methyl sites for hydroxylation is 1. The SMILES string of the molecule is COc1ccc(OCCN(C)C(=O)CCCCOc2cccc(C)c2)cc1. The van der Waals surface area contributed by atoms with Gasteiger partial charge >= 0.3 is 0 Å². The standard InChI is InChI=1S/C22H29NO4/c1-18-7-6-8-21(17-18)26-15-5-4-9-22(24)23(2)14-16-27-20-12-10-19(25-3)11-13-20/h6-8,10-13,17H,4-5,9,14-16H2,1-3H3. The van der Waals surface area contributed by atoms with Crippen molar-refractivity contribution in [3.05, 3.63) is 54.1 Å². The predicted molar refractivity (Wildman–Crippen MR) is 107 cm³/mol. The largest absolute Gasteiger partial charge is 0.497 e. The molecule has 0 aliphatic rings. The van der Waals surface area contributed by atoms with Crippen LogP contribution in [0.1, 0.15) is 24.8 Å². The first-order chi connectivity index (χ1) is 13.1. The van der Waals surface area contributed by atoms with Gasteiger partial charge in [0.1, 0.15) is 23.9 Å². The average molecular weight is 371 g/mol. The van der Waals surface area contributed by atoms with Crippen LogP contribution in [0.2, 0.25) is 0 Å². The number of amides is 1. The summed E-state index contributed by atoms with van der Waals surface area (Å²) >= 11 is 0. The third-order valence-corrected chi connectivity index (χ3v) is 4.22. The monoisotopic (exact) mass is 371 g/mol. The van der Waals surface area contributed by atoms with Crippen LogP contribution in [-0.4, -0.2) is 44.7 Å². The van der Waals surface area contributed by atoms with Crippen LogP contribution in [0.15, 0.2) is 48.5 Å². The Morgan fingerprint density at radius 3 is 2.33 bits per heavy atom. The third-order valence-electron chi connectivity index (χ3n) is 4.22. The summed E-state index contributed by atoms with van der Waals surface area (Å²) in [6.07, 6.45) is 2.19. The number of unbranched alkanes of at least 4 members (excludes halogenated alkanes) is 1. The zero-order valence-corrected chi connectivity index (χ0v) is 16.4. The molecule has 27 heavy (non-hydrogen) atoms. The summed E-state index contributed by atoms with van der Waals surface area (Å²) in [5.41, 5.74) is 1.18. The van der Waals surface area contributed by atoms with Crippen molar-refractivity contribution in [1.82, 2.24) is 4.90 Å². The lowest BCUT2D eigenvalue weighted by molar-refractivity contribution is -0.130. The number of ether oxygens (including phenoxy) is 3. The number of benzene rings is 2. The number of methoxy groups -OCH3 is 1. The number of hydrogen-bond acceptors (Lipinski definition) is 4. The molecule has 0 aliphatic carbocycles. The van der Waals surface area contributed by atoms with E-state index >= 15 is 0 Å². The summed E-state index contributed by atoms with van der Waals surface area (Å²) in [4.78, 5) is 13.9. The number of carbonyl (C=O) groups is 1. The molecule has 146 valence electrons. The van der Waals surface area contributed by atoms with E-state index in [1.54, 1.807) is 12.0 Å². The van der Waals surface area contributed by atoms with Crippen LogP contribution in [0.25, 0.3) is 0 Å². The minimum absolute atomic E-state index is 0.129. The van der Waals surface area contributed by atoms with E-state index in [4.69, 9.17) is 14.2 Å². The fourth-order valence-electron chi connectivity index (χ4n) is 2.56. The molecule has 0 unspecified atom stereocenters. The zero-order chi connectivity index (χ0) is 19.5. The summed E-state index contributed by atoms with van der Waals surface area (Å²) in [6, 6.07) is 15.4. The molecule has 0 spiro atoms. The van der Waals surface area contributed by atoms with Crippen molar-refractivity contribution in [2.24, 2.45) is 0 Å². The predicted octanol–water partition coefficient (Wildman–Crippen LogP) is 4.09. The molecule has 0 bridgehead atoms. The Hall–Kier alpha value is -2.69. The van der Waals surface area contributed by atoms with Gasteiger partial charge in [0.2, 0.25) is 5.91 Å². The number of nitrogens with zero attached hydrogens (tertiary/aromatic N) is 1. The van der Waals surface area contributed by atoms with Gasteiger partial charge in [0, 0.05) is 13.5 Å². The average Bonchev–Trinajstić information content (AvgIpc) is 2.68. The van der Waals surface area contributed by atoms with Crippen LogP contribution < -0.4 is 14.2 Å². The lowest BCUT2D eigenvalue weighted by Gasteiger charge is -2.17. The lowest BCUT2D eigenvalue weighted by atomic mass is 10.2. The summed E-state index contributed by atoms with van der Waals surface area (Å²) in [7, 11) is 3.44. The van der Waals surface area contributed by atoms with Gasteiger partial charge in [-0.25, -0.2) is 0 Å². The fraction of sp³-hybridized carbons (Fsp3) is 0.409. The Bertz CT molecular complexity index is 700. The van der Waals surface area contributed by atoms with Gasteiger partial charge in [-0.05, 0) is 61.7 Å². The molecule has 1 amide bonds. The van der Waals surface area contributed by atoms with E-state index in [0.717, 1.165) is 30.1 Å². The van der Waals surface area contributed by atoms with Crippen LogP contribution in [0.3, 0.4) is 0 Å². The van der Waals surface area contributed by atoms with E-state index < -0.39 is 0 Å². The number of carbonyl (C=O) groups excluding carboxylic acids is 1. The molecule has 0 atom stereocenters. The summed E-state index contributed by atoms with van der Waals surface area (Å²) < 4.78 is 16.5. The molecule has 0 radical (unpaired) electrons. The maximum Gasteiger partial charge on any atom is 0.222 e. The smallest absolute Gasteiger partial charge is 0.222 e. The number of rotatable bonds is 11. The second kappa shape index (κ2) is 11.1. The van der Waals surface area contributed by atoms with Gasteiger partial charge in [-0.2, -0.15) is 0 Å². The third kappa shape index (κ3) is 7.60. The van der Waals surface area contributed by atoms with E-state index in [1.807, 2.05) is 62.5 Å². The van der Waals surface area contributed by atoms with Gasteiger partial charge in [0.25, 0.3) is 0 Å². The maximum absolute atomic E-state index is 12.2. The van der Waals surface area contributed by atoms with Gasteiger partial charge in [-0.1, -0.05) is 12.1 Å². The van der Waals surface area contributed by atoms with Crippen LogP contribution in [0.5, 0.6) is 17.2 Å². The Kier molecular flexibility index (Phi) is 8.49. The molecule has 0 saturated carbocycles. The van der Waals surface area contributed by atoms with Crippen molar-refractivity contribution in [2.45, 2.75) is 26.2 Å². The molecule has 0 heterocycles. The van der Waals surface area contributed by atoms with Gasteiger partial charge in [0.05, 0.1) is 20.3 Å². The van der Waals surface area contributed by atoms with Crippen molar-refractivity contribution >= 4 is 5.91 Å². The van der Waals surface area contributed by atoms with E-state index in [9.17, 15) is 4.79 Å². The van der Waals surface area contributed by atoms with E-state index in [-0.39, 0.29) is 5.91 Å². The summed E-state index contributed by atoms with van der Waals surface area (Å²) in [5, 5.41) is 0. The van der Waals surface area contributed by atoms with E-state index in [2.05, 4.69) is 0 Å². The quantitative estimate of drug-likeness (QED) is 0.558. The molecule has 5 nitrogen and oxygen atoms in total. The Balaban J connectivity index is 1.56. The van der Waals surface area contributed by atoms with Crippen LogP contribution >= 0.6 is 0 Å². The fourth-order valence-corrected chi connectivity index (χ4v) is 2.56. The zero-order valence-electron chi connectivity index (χ0n) is 16.4. The molecule has 0 aromatic heterocycles. The molecule has 0 aliphatic heterocycles. The first-order valence-corrected chi connectivity index (χ1v) is 9.29. The Morgan fingerprint density at radius 1 is 0.926 bits per heavy atom. The molecule has 0 saturated heterocycles. The molecular weight excluding hydrogens is 342 g/mol. The minimum atomic E-state index is 0.129. The second-order valence-corrected chi connectivity index (χ2v) is 6.46. The molecule has 5 heteroatoms. The van der Waals surface area contributed by atoms with E-state index in [1.165, 1.54) is 5.56 Å². The van der Waals surface area contributed by atoms with Crippen molar-refractivity contribution in [3.63, 3.8) is 0 Å². The van der Waals surface area contributed by atoms with E-state index in [0.29, 0.717) is 26.2 Å². The highest BCUT2D eigenvalue weighted by Crippen LogP contribution is 2.17. The minimum Gasteiger partial charge on any atom is -0.497 e. The number of hydrogen-bond donors (Lipinski definition) is 0. The van der Waals surface area contributed by atoms with Crippen molar-refractivity contribution in [1.29, 1.82) is 0 Å². The van der Waals surface area contributed by atoms with Crippen molar-refractivity contribution < 1.29 is 19.0 Å². The highest BCUT2D eigenvalue weighted by Gasteiger charge is 2.08.